The summed E-state index contributed by atoms with van der Waals surface area (Å²) in [7, 11) is 0. The molecule has 0 amide bonds. The Balaban J connectivity index is 1.45. The molecule has 2 unspecified atom stereocenters. The van der Waals surface area contributed by atoms with Gasteiger partial charge in [0, 0.05) is 47.5 Å². The number of morpholine rings is 1. The van der Waals surface area contributed by atoms with Gasteiger partial charge in [-0.2, -0.15) is 0 Å². The van der Waals surface area contributed by atoms with E-state index in [1.54, 1.807) is 6.20 Å². The zero-order chi connectivity index (χ0) is 20.4. The van der Waals surface area contributed by atoms with Crippen molar-refractivity contribution in [2.75, 3.05) is 24.6 Å². The number of benzene rings is 1. The summed E-state index contributed by atoms with van der Waals surface area (Å²) in [6, 6.07) is 13.4. The second-order valence-electron chi connectivity index (χ2n) is 8.38. The molecule has 0 N–H and O–H groups in total. The van der Waals surface area contributed by atoms with Gasteiger partial charge in [0.1, 0.15) is 5.82 Å². The van der Waals surface area contributed by atoms with E-state index in [2.05, 4.69) is 40.8 Å². The van der Waals surface area contributed by atoms with Gasteiger partial charge in [-0.05, 0) is 62.9 Å². The predicted molar refractivity (Wildman–Crippen MR) is 120 cm³/mol. The highest BCUT2D eigenvalue weighted by Gasteiger charge is 2.36. The lowest BCUT2D eigenvalue weighted by Crippen LogP contribution is -2.58. The number of aromatic nitrogens is 1. The molecule has 2 aliphatic rings. The Morgan fingerprint density at radius 3 is 2.62 bits per heavy atom. The number of piperidine rings is 1. The smallest absolute Gasteiger partial charge is 0.130 e. The Morgan fingerprint density at radius 2 is 1.90 bits per heavy atom. The van der Waals surface area contributed by atoms with E-state index >= 15 is 0 Å². The maximum Gasteiger partial charge on any atom is 0.130 e. The summed E-state index contributed by atoms with van der Waals surface area (Å²) in [6.07, 6.45) is 5.32. The van der Waals surface area contributed by atoms with Gasteiger partial charge in [-0.3, -0.25) is 4.90 Å². The number of ether oxygens (including phenoxy) is 1. The van der Waals surface area contributed by atoms with Crippen LogP contribution in [0.5, 0.6) is 0 Å². The number of nitrogens with zero attached hydrogens (tertiary/aromatic N) is 3. The minimum atomic E-state index is 0.277. The quantitative estimate of drug-likeness (QED) is 0.671. The topological polar surface area (TPSA) is 28.6 Å². The highest BCUT2D eigenvalue weighted by molar-refractivity contribution is 6.31. The van der Waals surface area contributed by atoms with Crippen LogP contribution < -0.4 is 4.90 Å². The van der Waals surface area contributed by atoms with Gasteiger partial charge in [0.2, 0.25) is 0 Å². The molecule has 1 aromatic carbocycles. The van der Waals surface area contributed by atoms with Crippen molar-refractivity contribution in [3.05, 3.63) is 58.2 Å². The summed E-state index contributed by atoms with van der Waals surface area (Å²) in [5.41, 5.74) is 1.32. The van der Waals surface area contributed by atoms with Crippen molar-refractivity contribution in [2.45, 2.75) is 57.3 Å². The zero-order valence-corrected chi connectivity index (χ0v) is 18.6. The Bertz CT molecular complexity index is 816. The molecular formula is C23H29Cl2N3O. The van der Waals surface area contributed by atoms with Crippen LogP contribution in [0.4, 0.5) is 5.82 Å². The van der Waals surface area contributed by atoms with Crippen LogP contribution in [-0.2, 0) is 11.2 Å². The van der Waals surface area contributed by atoms with E-state index in [4.69, 9.17) is 27.9 Å². The normalized spacial score (nSPS) is 28.5. The van der Waals surface area contributed by atoms with Gasteiger partial charge in [0.15, 0.2) is 0 Å². The second-order valence-corrected chi connectivity index (χ2v) is 9.25. The molecule has 4 rings (SSSR count). The van der Waals surface area contributed by atoms with Crippen molar-refractivity contribution in [1.29, 1.82) is 0 Å². The molecule has 0 spiro atoms. The van der Waals surface area contributed by atoms with Gasteiger partial charge >= 0.3 is 0 Å². The summed E-state index contributed by atoms with van der Waals surface area (Å²) < 4.78 is 6.04. The summed E-state index contributed by atoms with van der Waals surface area (Å²) >= 11 is 12.2. The third-order valence-electron chi connectivity index (χ3n) is 6.21. The van der Waals surface area contributed by atoms with Crippen molar-refractivity contribution in [2.24, 2.45) is 0 Å². The van der Waals surface area contributed by atoms with Crippen LogP contribution in [-0.4, -0.2) is 53.8 Å². The highest BCUT2D eigenvalue weighted by Crippen LogP contribution is 2.30. The zero-order valence-electron chi connectivity index (χ0n) is 17.1. The molecule has 1 aromatic heterocycles. The van der Waals surface area contributed by atoms with E-state index in [9.17, 15) is 0 Å². The van der Waals surface area contributed by atoms with E-state index in [0.29, 0.717) is 18.1 Å². The average Bonchev–Trinajstić information content (AvgIpc) is 2.71. The Morgan fingerprint density at radius 1 is 1.10 bits per heavy atom. The third-order valence-corrected chi connectivity index (χ3v) is 6.70. The van der Waals surface area contributed by atoms with Crippen LogP contribution in [0, 0.1) is 0 Å². The first kappa shape index (κ1) is 20.9. The van der Waals surface area contributed by atoms with Gasteiger partial charge in [0.25, 0.3) is 0 Å². The van der Waals surface area contributed by atoms with Gasteiger partial charge in [-0.1, -0.05) is 35.3 Å². The van der Waals surface area contributed by atoms with Crippen LogP contribution in [0.2, 0.25) is 10.0 Å². The Hall–Kier alpha value is -1.33. The summed E-state index contributed by atoms with van der Waals surface area (Å²) in [6.45, 7) is 7.25. The fraction of sp³-hybridized carbons (Fsp3) is 0.522. The van der Waals surface area contributed by atoms with Crippen molar-refractivity contribution in [3.8, 4) is 0 Å². The summed E-state index contributed by atoms with van der Waals surface area (Å²) in [5.74, 6) is 0.983. The molecular weight excluding hydrogens is 405 g/mol. The molecule has 2 aromatic rings. The minimum absolute atomic E-state index is 0.277. The first-order chi connectivity index (χ1) is 14.0. The third kappa shape index (κ3) is 5.05. The van der Waals surface area contributed by atoms with E-state index in [1.807, 2.05) is 24.3 Å². The summed E-state index contributed by atoms with van der Waals surface area (Å²) in [4.78, 5) is 9.62. The van der Waals surface area contributed by atoms with Gasteiger partial charge < -0.3 is 9.64 Å². The lowest BCUT2D eigenvalue weighted by Gasteiger charge is -2.48. The SMILES string of the molecule is CC1CC(N2C[C@H](C)OC[C@@H]2Cc2ccc(Cl)cc2)CCN1c1cc(Cl)ccn1. The summed E-state index contributed by atoms with van der Waals surface area (Å²) in [5, 5.41) is 1.53. The number of halogens is 2. The molecule has 3 heterocycles. The lowest BCUT2D eigenvalue weighted by molar-refractivity contribution is -0.0759. The number of pyridine rings is 1. The maximum absolute atomic E-state index is 6.19. The minimum Gasteiger partial charge on any atom is -0.376 e. The molecule has 0 radical (unpaired) electrons. The molecule has 156 valence electrons. The molecule has 2 saturated heterocycles. The largest absolute Gasteiger partial charge is 0.376 e. The van der Waals surface area contributed by atoms with Crippen LogP contribution in [0.15, 0.2) is 42.6 Å². The average molecular weight is 434 g/mol. The first-order valence-electron chi connectivity index (χ1n) is 10.5. The molecule has 4 atom stereocenters. The first-order valence-corrected chi connectivity index (χ1v) is 11.2. The van der Waals surface area contributed by atoms with Crippen LogP contribution in [0.25, 0.3) is 0 Å². The predicted octanol–water partition coefficient (Wildman–Crippen LogP) is 5.08. The fourth-order valence-electron chi connectivity index (χ4n) is 4.73. The van der Waals surface area contributed by atoms with Gasteiger partial charge in [-0.15, -0.1) is 0 Å². The van der Waals surface area contributed by atoms with E-state index < -0.39 is 0 Å². The molecule has 2 aliphatic heterocycles. The molecule has 6 heteroatoms. The van der Waals surface area contributed by atoms with E-state index in [0.717, 1.165) is 54.8 Å². The Kier molecular flexibility index (Phi) is 6.65. The van der Waals surface area contributed by atoms with E-state index in [1.165, 1.54) is 5.56 Å². The van der Waals surface area contributed by atoms with Crippen LogP contribution in [0.1, 0.15) is 32.3 Å². The molecule has 0 aliphatic carbocycles. The number of hydrogen-bond acceptors (Lipinski definition) is 4. The van der Waals surface area contributed by atoms with Crippen molar-refractivity contribution < 1.29 is 4.74 Å². The fourth-order valence-corrected chi connectivity index (χ4v) is 5.01. The molecule has 2 fully saturated rings. The molecule has 0 bridgehead atoms. The van der Waals surface area contributed by atoms with Gasteiger partial charge in [0.05, 0.1) is 12.7 Å². The van der Waals surface area contributed by atoms with Gasteiger partial charge in [-0.25, -0.2) is 4.98 Å². The van der Waals surface area contributed by atoms with E-state index in [-0.39, 0.29) is 6.10 Å². The number of anilines is 1. The van der Waals surface area contributed by atoms with Crippen molar-refractivity contribution in [3.63, 3.8) is 0 Å². The Labute approximate surface area is 183 Å². The maximum atomic E-state index is 6.19. The highest BCUT2D eigenvalue weighted by atomic mass is 35.5. The van der Waals surface area contributed by atoms with Crippen LogP contribution >= 0.6 is 23.2 Å². The number of hydrogen-bond donors (Lipinski definition) is 0. The number of rotatable bonds is 4. The van der Waals surface area contributed by atoms with Crippen molar-refractivity contribution in [1.82, 2.24) is 9.88 Å². The van der Waals surface area contributed by atoms with Crippen molar-refractivity contribution >= 4 is 29.0 Å². The lowest BCUT2D eigenvalue weighted by atomic mass is 9.93. The monoisotopic (exact) mass is 433 g/mol. The standard InChI is InChI=1S/C23H29Cl2N3O/c1-16-11-21(8-10-27(16)23-13-20(25)7-9-26-23)28-14-17(2)29-15-22(28)12-18-3-5-19(24)6-4-18/h3-7,9,13,16-17,21-22H,8,10-12,14-15H2,1-2H3/t16?,17-,21?,22-/m0/s1. The molecule has 4 nitrogen and oxygen atoms in total. The van der Waals surface area contributed by atoms with Crippen LogP contribution in [0.3, 0.4) is 0 Å². The second kappa shape index (κ2) is 9.22. The molecule has 0 saturated carbocycles. The molecule has 29 heavy (non-hydrogen) atoms.